The van der Waals surface area contributed by atoms with Crippen LogP contribution >= 0.6 is 11.8 Å². The first-order valence-electron chi connectivity index (χ1n) is 11.0. The summed E-state index contributed by atoms with van der Waals surface area (Å²) in [5.41, 5.74) is 1.37. The molecule has 0 aliphatic heterocycles. The van der Waals surface area contributed by atoms with Crippen LogP contribution in [0.2, 0.25) is 0 Å². The molecule has 0 bridgehead atoms. The Bertz CT molecular complexity index is 1030. The number of halogens is 3. The van der Waals surface area contributed by atoms with E-state index in [1.54, 1.807) is 24.3 Å². The minimum Gasteiger partial charge on any atom is -0.311 e. The molecule has 1 aliphatic carbocycles. The van der Waals surface area contributed by atoms with E-state index in [2.05, 4.69) is 22.1 Å². The van der Waals surface area contributed by atoms with Crippen LogP contribution in [0, 0.1) is 0 Å². The highest BCUT2D eigenvalue weighted by atomic mass is 32.2. The van der Waals surface area contributed by atoms with Crippen LogP contribution in [0.3, 0.4) is 0 Å². The summed E-state index contributed by atoms with van der Waals surface area (Å²) in [6.45, 7) is 2.51. The average Bonchev–Trinajstić information content (AvgIpc) is 2.80. The van der Waals surface area contributed by atoms with Gasteiger partial charge in [-0.1, -0.05) is 61.4 Å². The Balaban J connectivity index is 1.69. The Morgan fingerprint density at radius 2 is 1.75 bits per heavy atom. The van der Waals surface area contributed by atoms with Gasteiger partial charge in [0.2, 0.25) is 5.95 Å². The van der Waals surface area contributed by atoms with Crippen molar-refractivity contribution in [2.45, 2.75) is 61.0 Å². The van der Waals surface area contributed by atoms with Gasteiger partial charge in [-0.15, -0.1) is 0 Å². The third-order valence-electron chi connectivity index (χ3n) is 5.82. The fraction of sp³-hybridized carbons (Fsp3) is 0.360. The van der Waals surface area contributed by atoms with Crippen LogP contribution in [0.4, 0.5) is 24.8 Å². The Kier molecular flexibility index (Phi) is 7.04. The molecule has 0 atom stereocenters. The predicted molar refractivity (Wildman–Crippen MR) is 123 cm³/mol. The summed E-state index contributed by atoms with van der Waals surface area (Å²) in [6.07, 6.45) is 2.53. The molecule has 1 heterocycles. The van der Waals surface area contributed by atoms with Crippen molar-refractivity contribution < 1.29 is 13.2 Å². The highest BCUT2D eigenvalue weighted by Gasteiger charge is 2.36. The summed E-state index contributed by atoms with van der Waals surface area (Å²) in [7, 11) is 0. The highest BCUT2D eigenvalue weighted by molar-refractivity contribution is 7.99. The summed E-state index contributed by atoms with van der Waals surface area (Å²) >= 11 is 1.01. The summed E-state index contributed by atoms with van der Waals surface area (Å²) in [4.78, 5) is 11.1. The molecular formula is C25H26F3N3S. The molecule has 1 aromatic heterocycles. The number of hydrogen-bond acceptors (Lipinski definition) is 4. The number of rotatable bonds is 6. The standard InChI is InChI=1S/C25H26F3N3S/c1-2-31(20-13-9-12-19(16-20)18-10-5-3-6-11-18)24-29-17-22(25(26,27)28)23(30-24)32-21-14-7-4-8-15-21/h4,7-9,12-18H,2-3,5-6,10-11H2,1H3. The smallest absolute Gasteiger partial charge is 0.311 e. The lowest BCUT2D eigenvalue weighted by molar-refractivity contribution is -0.140. The summed E-state index contributed by atoms with van der Waals surface area (Å²) in [6, 6.07) is 17.3. The van der Waals surface area contributed by atoms with Gasteiger partial charge in [-0.2, -0.15) is 13.2 Å². The lowest BCUT2D eigenvalue weighted by atomic mass is 9.84. The molecule has 4 rings (SSSR count). The maximum absolute atomic E-state index is 13.6. The number of benzene rings is 2. The second-order valence-corrected chi connectivity index (χ2v) is 9.04. The molecule has 0 amide bonds. The van der Waals surface area contributed by atoms with E-state index >= 15 is 0 Å². The molecule has 2 aromatic carbocycles. The lowest BCUT2D eigenvalue weighted by Gasteiger charge is -2.26. The van der Waals surface area contributed by atoms with E-state index < -0.39 is 11.7 Å². The SMILES string of the molecule is CCN(c1cccc(C2CCCCC2)c1)c1ncc(C(F)(F)F)c(Sc2ccccc2)n1. The van der Waals surface area contributed by atoms with E-state index in [-0.39, 0.29) is 11.0 Å². The van der Waals surface area contributed by atoms with Crippen molar-refractivity contribution in [3.63, 3.8) is 0 Å². The predicted octanol–water partition coefficient (Wildman–Crippen LogP) is 7.85. The van der Waals surface area contributed by atoms with Gasteiger partial charge in [-0.05, 0) is 55.5 Å². The quantitative estimate of drug-likeness (QED) is 0.352. The molecule has 3 nitrogen and oxygen atoms in total. The van der Waals surface area contributed by atoms with Crippen molar-refractivity contribution in [3.8, 4) is 0 Å². The Morgan fingerprint density at radius 1 is 1.00 bits per heavy atom. The van der Waals surface area contributed by atoms with E-state index in [0.29, 0.717) is 17.4 Å². The number of alkyl halides is 3. The van der Waals surface area contributed by atoms with E-state index in [4.69, 9.17) is 0 Å². The molecule has 0 N–H and O–H groups in total. The zero-order valence-electron chi connectivity index (χ0n) is 18.0. The van der Waals surface area contributed by atoms with Crippen LogP contribution in [0.15, 0.2) is 70.7 Å². The Morgan fingerprint density at radius 3 is 2.44 bits per heavy atom. The van der Waals surface area contributed by atoms with Crippen LogP contribution in [-0.4, -0.2) is 16.5 Å². The molecule has 0 unspecified atom stereocenters. The second kappa shape index (κ2) is 9.94. The third kappa shape index (κ3) is 5.26. The Labute approximate surface area is 191 Å². The fourth-order valence-corrected chi connectivity index (χ4v) is 5.10. The summed E-state index contributed by atoms with van der Waals surface area (Å²) in [5, 5.41) is -0.0874. The molecule has 0 saturated heterocycles. The maximum atomic E-state index is 13.6. The van der Waals surface area contributed by atoms with Crippen molar-refractivity contribution in [2.75, 3.05) is 11.4 Å². The maximum Gasteiger partial charge on any atom is 0.420 e. The van der Waals surface area contributed by atoms with Gasteiger partial charge in [0.15, 0.2) is 0 Å². The molecule has 1 saturated carbocycles. The van der Waals surface area contributed by atoms with Crippen molar-refractivity contribution in [1.82, 2.24) is 9.97 Å². The molecule has 3 aromatic rings. The monoisotopic (exact) mass is 457 g/mol. The molecule has 0 radical (unpaired) electrons. The first-order chi connectivity index (χ1) is 15.5. The van der Waals surface area contributed by atoms with Crippen LogP contribution in [0.1, 0.15) is 56.1 Å². The zero-order chi connectivity index (χ0) is 22.6. The van der Waals surface area contributed by atoms with Gasteiger partial charge in [0, 0.05) is 23.3 Å². The van der Waals surface area contributed by atoms with Crippen molar-refractivity contribution in [1.29, 1.82) is 0 Å². The van der Waals surface area contributed by atoms with Gasteiger partial charge >= 0.3 is 6.18 Å². The van der Waals surface area contributed by atoms with Crippen LogP contribution in [0.5, 0.6) is 0 Å². The van der Waals surface area contributed by atoms with E-state index in [9.17, 15) is 13.2 Å². The molecular weight excluding hydrogens is 431 g/mol. The first kappa shape index (κ1) is 22.6. The number of nitrogens with zero attached hydrogens (tertiary/aromatic N) is 3. The number of aromatic nitrogens is 2. The Hall–Kier alpha value is -2.54. The average molecular weight is 458 g/mol. The highest BCUT2D eigenvalue weighted by Crippen LogP contribution is 2.40. The van der Waals surface area contributed by atoms with Gasteiger partial charge < -0.3 is 4.90 Å². The topological polar surface area (TPSA) is 29.0 Å². The minimum atomic E-state index is -4.52. The van der Waals surface area contributed by atoms with Crippen LogP contribution in [0.25, 0.3) is 0 Å². The van der Waals surface area contributed by atoms with Crippen LogP contribution < -0.4 is 4.90 Å². The second-order valence-electron chi connectivity index (χ2n) is 7.98. The minimum absolute atomic E-state index is 0.0874. The third-order valence-corrected chi connectivity index (χ3v) is 6.83. The molecule has 32 heavy (non-hydrogen) atoms. The molecule has 168 valence electrons. The van der Waals surface area contributed by atoms with Gasteiger partial charge in [0.25, 0.3) is 0 Å². The van der Waals surface area contributed by atoms with E-state index in [1.165, 1.54) is 37.7 Å². The molecule has 1 aliphatic rings. The normalized spacial score (nSPS) is 15.0. The largest absolute Gasteiger partial charge is 0.420 e. The van der Waals surface area contributed by atoms with E-state index in [1.807, 2.05) is 30.0 Å². The lowest BCUT2D eigenvalue weighted by Crippen LogP contribution is -2.21. The van der Waals surface area contributed by atoms with Gasteiger partial charge in [0.1, 0.15) is 10.6 Å². The van der Waals surface area contributed by atoms with Crippen molar-refractivity contribution in [3.05, 3.63) is 71.9 Å². The first-order valence-corrected chi connectivity index (χ1v) is 11.8. The van der Waals surface area contributed by atoms with Gasteiger partial charge in [-0.25, -0.2) is 9.97 Å². The molecule has 7 heteroatoms. The van der Waals surface area contributed by atoms with Crippen LogP contribution in [-0.2, 0) is 6.18 Å². The van der Waals surface area contributed by atoms with Crippen molar-refractivity contribution in [2.24, 2.45) is 0 Å². The summed E-state index contributed by atoms with van der Waals surface area (Å²) < 4.78 is 40.9. The fourth-order valence-electron chi connectivity index (χ4n) is 4.18. The van der Waals surface area contributed by atoms with E-state index in [0.717, 1.165) is 23.6 Å². The van der Waals surface area contributed by atoms with Crippen molar-refractivity contribution >= 4 is 23.4 Å². The van der Waals surface area contributed by atoms with Gasteiger partial charge in [-0.3, -0.25) is 0 Å². The number of anilines is 2. The zero-order valence-corrected chi connectivity index (χ0v) is 18.8. The summed E-state index contributed by atoms with van der Waals surface area (Å²) in [5.74, 6) is 0.819. The number of hydrogen-bond donors (Lipinski definition) is 0. The molecule has 1 fully saturated rings. The molecule has 0 spiro atoms. The van der Waals surface area contributed by atoms with Gasteiger partial charge in [0.05, 0.1) is 0 Å².